The van der Waals surface area contributed by atoms with Crippen LogP contribution < -0.4 is 5.32 Å². The number of benzene rings is 1. The Bertz CT molecular complexity index is 657. The molecule has 1 aromatic carbocycles. The highest BCUT2D eigenvalue weighted by atomic mass is 16.7. The summed E-state index contributed by atoms with van der Waals surface area (Å²) in [6.45, 7) is 3.02. The number of nitro benzene ring substituents is 1. The number of ether oxygens (including phenoxy) is 2. The maximum Gasteiger partial charge on any atom is 0.509 e. The van der Waals surface area contributed by atoms with Crippen molar-refractivity contribution in [2.45, 2.75) is 38.5 Å². The number of hydrogen-bond donors (Lipinski definition) is 2. The van der Waals surface area contributed by atoms with Gasteiger partial charge in [-0.25, -0.2) is 4.79 Å². The average molecular weight is 352 g/mol. The first-order valence-electron chi connectivity index (χ1n) is 7.75. The Balaban J connectivity index is 1.88. The normalized spacial score (nSPS) is 19.6. The summed E-state index contributed by atoms with van der Waals surface area (Å²) < 4.78 is 10.3. The van der Waals surface area contributed by atoms with E-state index in [1.807, 2.05) is 0 Å². The number of aliphatic hydroxyl groups is 1. The fourth-order valence-electron chi connectivity index (χ4n) is 2.78. The highest BCUT2D eigenvalue weighted by Crippen LogP contribution is 2.32. The lowest BCUT2D eigenvalue weighted by atomic mass is 9.76. The fourth-order valence-corrected chi connectivity index (χ4v) is 2.78. The molecule has 0 aliphatic carbocycles. The quantitative estimate of drug-likeness (QED) is 0.329. The molecular weight excluding hydrogens is 332 g/mol. The predicted octanol–water partition coefficient (Wildman–Crippen LogP) is 1.52. The smallest absolute Gasteiger partial charge is 0.429 e. The molecule has 136 valence electrons. The van der Waals surface area contributed by atoms with Crippen LogP contribution in [0.15, 0.2) is 24.3 Å². The van der Waals surface area contributed by atoms with Gasteiger partial charge >= 0.3 is 6.16 Å². The van der Waals surface area contributed by atoms with Crippen LogP contribution in [0.4, 0.5) is 10.5 Å². The molecule has 0 bridgehead atoms. The van der Waals surface area contributed by atoms with Crippen LogP contribution in [-0.4, -0.2) is 40.3 Å². The number of aliphatic hydroxyl groups excluding tert-OH is 1. The Hall–Kier alpha value is -2.68. The Kier molecular flexibility index (Phi) is 5.58. The maximum atomic E-state index is 11.9. The lowest BCUT2D eigenvalue weighted by Gasteiger charge is -2.44. The zero-order valence-corrected chi connectivity index (χ0v) is 13.9. The first-order chi connectivity index (χ1) is 11.7. The second-order valence-corrected chi connectivity index (χ2v) is 6.27. The summed E-state index contributed by atoms with van der Waals surface area (Å²) in [5, 5.41) is 22.2. The molecule has 9 nitrogen and oxygen atoms in total. The Morgan fingerprint density at radius 2 is 2.00 bits per heavy atom. The number of nitro groups is 1. The molecule has 2 N–H and O–H groups in total. The van der Waals surface area contributed by atoms with Gasteiger partial charge in [0.2, 0.25) is 5.91 Å². The van der Waals surface area contributed by atoms with E-state index >= 15 is 0 Å². The van der Waals surface area contributed by atoms with Gasteiger partial charge in [0.1, 0.15) is 12.2 Å². The van der Waals surface area contributed by atoms with Crippen LogP contribution in [0.1, 0.15) is 25.8 Å². The minimum absolute atomic E-state index is 0.0571. The molecule has 1 saturated heterocycles. The molecule has 0 spiro atoms. The molecule has 0 radical (unpaired) electrons. The first-order valence-corrected chi connectivity index (χ1v) is 7.75. The highest BCUT2D eigenvalue weighted by Gasteiger charge is 2.51. The van der Waals surface area contributed by atoms with Crippen molar-refractivity contribution in [2.24, 2.45) is 5.92 Å². The van der Waals surface area contributed by atoms with Crippen molar-refractivity contribution in [2.75, 3.05) is 6.61 Å². The number of hydrogen-bond acceptors (Lipinski definition) is 7. The molecular formula is C16H20N2O7. The average Bonchev–Trinajstić information content (AvgIpc) is 2.51. The number of β-lactam (4-membered cyclic amide) rings is 1. The number of carbonyl (C=O) groups is 2. The van der Waals surface area contributed by atoms with Gasteiger partial charge in [0.15, 0.2) is 0 Å². The van der Waals surface area contributed by atoms with E-state index in [4.69, 9.17) is 14.6 Å². The minimum atomic E-state index is -1.09. The monoisotopic (exact) mass is 352 g/mol. The van der Waals surface area contributed by atoms with Gasteiger partial charge in [-0.1, -0.05) is 0 Å². The predicted molar refractivity (Wildman–Crippen MR) is 85.6 cm³/mol. The van der Waals surface area contributed by atoms with Gasteiger partial charge in [0.05, 0.1) is 10.8 Å². The van der Waals surface area contributed by atoms with Crippen molar-refractivity contribution in [1.29, 1.82) is 0 Å². The lowest BCUT2D eigenvalue weighted by Crippen LogP contribution is -2.66. The summed E-state index contributed by atoms with van der Waals surface area (Å²) in [5.74, 6) is -0.807. The molecule has 0 unspecified atom stereocenters. The molecule has 1 aromatic rings. The van der Waals surface area contributed by atoms with Crippen LogP contribution in [0.3, 0.4) is 0 Å². The first kappa shape index (κ1) is 18.7. The number of nitrogens with zero attached hydrogens (tertiary/aromatic N) is 1. The summed E-state index contributed by atoms with van der Waals surface area (Å²) in [6, 6.07) is 5.33. The molecule has 1 aliphatic heterocycles. The van der Waals surface area contributed by atoms with Crippen LogP contribution >= 0.6 is 0 Å². The Morgan fingerprint density at radius 1 is 1.36 bits per heavy atom. The summed E-state index contributed by atoms with van der Waals surface area (Å²) in [7, 11) is 0. The Labute approximate surface area is 144 Å². The van der Waals surface area contributed by atoms with Gasteiger partial charge in [-0.3, -0.25) is 14.9 Å². The lowest BCUT2D eigenvalue weighted by molar-refractivity contribution is -0.384. The zero-order valence-electron chi connectivity index (χ0n) is 13.9. The maximum absolute atomic E-state index is 11.9. The van der Waals surface area contributed by atoms with Crippen molar-refractivity contribution >= 4 is 17.7 Å². The van der Waals surface area contributed by atoms with E-state index in [0.29, 0.717) is 12.0 Å². The molecule has 1 amide bonds. The molecule has 25 heavy (non-hydrogen) atoms. The molecule has 0 aromatic heterocycles. The number of amides is 1. The molecule has 9 heteroatoms. The van der Waals surface area contributed by atoms with Crippen molar-refractivity contribution in [3.05, 3.63) is 39.9 Å². The standard InChI is InChI=1S/C16H20N2O7/c1-16(2,13-12(7-8-19)17-14(13)20)25-15(21)24-9-10-3-5-11(6-4-10)18(22)23/h3-6,12-13,19H,7-9H2,1-2H3,(H,17,20)/t12-,13+/m1/s1. The fraction of sp³-hybridized carbons (Fsp3) is 0.500. The van der Waals surface area contributed by atoms with Crippen LogP contribution in [0.5, 0.6) is 0 Å². The van der Waals surface area contributed by atoms with Gasteiger partial charge < -0.3 is 19.9 Å². The van der Waals surface area contributed by atoms with Crippen LogP contribution in [-0.2, 0) is 20.9 Å². The summed E-state index contributed by atoms with van der Waals surface area (Å²) in [5.41, 5.74) is -0.576. The zero-order chi connectivity index (χ0) is 18.6. The van der Waals surface area contributed by atoms with E-state index in [9.17, 15) is 19.7 Å². The summed E-state index contributed by atoms with van der Waals surface area (Å²) in [6.07, 6.45) is -0.563. The van der Waals surface area contributed by atoms with Gasteiger partial charge in [-0.15, -0.1) is 0 Å². The van der Waals surface area contributed by atoms with Crippen LogP contribution in [0, 0.1) is 16.0 Å². The number of non-ortho nitro benzene ring substituents is 1. The number of rotatable bonds is 7. The van der Waals surface area contributed by atoms with Crippen molar-refractivity contribution in [3.8, 4) is 0 Å². The second-order valence-electron chi connectivity index (χ2n) is 6.27. The van der Waals surface area contributed by atoms with E-state index < -0.39 is 22.6 Å². The molecule has 1 aliphatic rings. The van der Waals surface area contributed by atoms with E-state index in [1.165, 1.54) is 24.3 Å². The molecule has 1 heterocycles. The molecule has 2 atom stereocenters. The van der Waals surface area contributed by atoms with Crippen LogP contribution in [0.25, 0.3) is 0 Å². The third-order valence-electron chi connectivity index (χ3n) is 4.05. The van der Waals surface area contributed by atoms with Gasteiger partial charge in [-0.05, 0) is 38.0 Å². The van der Waals surface area contributed by atoms with E-state index in [2.05, 4.69) is 5.32 Å². The number of carbonyl (C=O) groups excluding carboxylic acids is 2. The highest BCUT2D eigenvalue weighted by molar-refractivity contribution is 5.87. The largest absolute Gasteiger partial charge is 0.509 e. The van der Waals surface area contributed by atoms with Gasteiger partial charge in [-0.2, -0.15) is 0 Å². The molecule has 2 rings (SSSR count). The Morgan fingerprint density at radius 3 is 2.52 bits per heavy atom. The summed E-state index contributed by atoms with van der Waals surface area (Å²) in [4.78, 5) is 33.7. The number of nitrogens with one attached hydrogen (secondary N) is 1. The van der Waals surface area contributed by atoms with E-state index in [1.54, 1.807) is 13.8 Å². The SMILES string of the molecule is CC(C)(OC(=O)OCc1ccc([N+](=O)[O-])cc1)[C@@H]1C(=O)N[C@@H]1CCO. The summed E-state index contributed by atoms with van der Waals surface area (Å²) >= 11 is 0. The van der Waals surface area contributed by atoms with Crippen molar-refractivity contribution in [3.63, 3.8) is 0 Å². The van der Waals surface area contributed by atoms with Gasteiger partial charge in [0.25, 0.3) is 5.69 Å². The van der Waals surface area contributed by atoms with Gasteiger partial charge in [0, 0.05) is 24.8 Å². The molecule has 0 saturated carbocycles. The van der Waals surface area contributed by atoms with Crippen molar-refractivity contribution < 1.29 is 29.1 Å². The van der Waals surface area contributed by atoms with E-state index in [0.717, 1.165) is 0 Å². The van der Waals surface area contributed by atoms with E-state index in [-0.39, 0.29) is 30.9 Å². The minimum Gasteiger partial charge on any atom is -0.429 e. The van der Waals surface area contributed by atoms with Crippen LogP contribution in [0.2, 0.25) is 0 Å². The second kappa shape index (κ2) is 7.47. The third-order valence-corrected chi connectivity index (χ3v) is 4.05. The topological polar surface area (TPSA) is 128 Å². The third kappa shape index (κ3) is 4.44. The molecule has 1 fully saturated rings. The van der Waals surface area contributed by atoms with Crippen molar-refractivity contribution in [1.82, 2.24) is 5.32 Å².